The second kappa shape index (κ2) is 8.78. The van der Waals surface area contributed by atoms with Gasteiger partial charge >= 0.3 is 0 Å². The monoisotopic (exact) mass is 284 g/mol. The number of rotatable bonds is 8. The molecular formula is C16H32N2O2. The summed E-state index contributed by atoms with van der Waals surface area (Å²) >= 11 is 0. The van der Waals surface area contributed by atoms with Crippen LogP contribution in [0.2, 0.25) is 0 Å². The number of hydrogen-bond donors (Lipinski definition) is 2. The number of ether oxygens (including phenoxy) is 1. The molecule has 1 fully saturated rings. The predicted molar refractivity (Wildman–Crippen MR) is 84.0 cm³/mol. The van der Waals surface area contributed by atoms with E-state index in [4.69, 9.17) is 4.74 Å². The number of morpholine rings is 1. The minimum Gasteiger partial charge on any atom is -0.388 e. The fourth-order valence-corrected chi connectivity index (χ4v) is 2.42. The van der Waals surface area contributed by atoms with Crippen LogP contribution in [0.4, 0.5) is 0 Å². The highest BCUT2D eigenvalue weighted by Crippen LogP contribution is 2.09. The van der Waals surface area contributed by atoms with Crippen LogP contribution in [0.3, 0.4) is 0 Å². The molecule has 0 saturated carbocycles. The summed E-state index contributed by atoms with van der Waals surface area (Å²) in [6, 6.07) is 0.432. The van der Waals surface area contributed by atoms with Crippen molar-refractivity contribution in [3.05, 3.63) is 11.6 Å². The van der Waals surface area contributed by atoms with Crippen LogP contribution < -0.4 is 5.32 Å². The number of β-amino-alcohol motifs (C(OH)–C–C–N with tert-alkyl or cyclic N) is 1. The Bertz CT molecular complexity index is 293. The molecule has 1 aliphatic rings. The minimum absolute atomic E-state index is 0.432. The van der Waals surface area contributed by atoms with Gasteiger partial charge in [0, 0.05) is 32.2 Å². The molecule has 4 nitrogen and oxygen atoms in total. The Balaban J connectivity index is 2.21. The van der Waals surface area contributed by atoms with Crippen molar-refractivity contribution in [3.63, 3.8) is 0 Å². The van der Waals surface area contributed by atoms with Crippen LogP contribution in [0, 0.1) is 0 Å². The Hall–Kier alpha value is -0.420. The number of nitrogens with one attached hydrogen (secondary N) is 1. The highest BCUT2D eigenvalue weighted by molar-refractivity contribution is 4.93. The van der Waals surface area contributed by atoms with Gasteiger partial charge in [-0.15, -0.1) is 0 Å². The Morgan fingerprint density at radius 2 is 2.05 bits per heavy atom. The van der Waals surface area contributed by atoms with E-state index in [1.807, 2.05) is 6.92 Å². The first-order valence-corrected chi connectivity index (χ1v) is 7.78. The molecule has 0 aromatic carbocycles. The highest BCUT2D eigenvalue weighted by atomic mass is 16.5. The van der Waals surface area contributed by atoms with Crippen molar-refractivity contribution in [2.75, 3.05) is 39.4 Å². The van der Waals surface area contributed by atoms with Crippen molar-refractivity contribution in [3.8, 4) is 0 Å². The normalized spacial score (nSPS) is 21.2. The smallest absolute Gasteiger partial charge is 0.0869 e. The van der Waals surface area contributed by atoms with Crippen LogP contribution >= 0.6 is 0 Å². The minimum atomic E-state index is -0.678. The maximum Gasteiger partial charge on any atom is 0.0869 e. The summed E-state index contributed by atoms with van der Waals surface area (Å²) in [5.74, 6) is 0. The van der Waals surface area contributed by atoms with E-state index in [0.717, 1.165) is 39.1 Å². The third-order valence-corrected chi connectivity index (χ3v) is 3.65. The van der Waals surface area contributed by atoms with Crippen molar-refractivity contribution in [2.45, 2.75) is 52.2 Å². The average molecular weight is 284 g/mol. The van der Waals surface area contributed by atoms with E-state index < -0.39 is 5.60 Å². The summed E-state index contributed by atoms with van der Waals surface area (Å²) in [6.07, 6.45) is 4.48. The van der Waals surface area contributed by atoms with Gasteiger partial charge in [0.1, 0.15) is 0 Å². The molecule has 1 rings (SSSR count). The molecule has 20 heavy (non-hydrogen) atoms. The Kier molecular flexibility index (Phi) is 7.74. The molecule has 0 spiro atoms. The lowest BCUT2D eigenvalue weighted by Crippen LogP contribution is -2.51. The second-order valence-electron chi connectivity index (χ2n) is 6.53. The van der Waals surface area contributed by atoms with Crippen LogP contribution in [-0.4, -0.2) is 61.0 Å². The molecule has 1 saturated heterocycles. The third kappa shape index (κ3) is 8.00. The molecule has 2 atom stereocenters. The van der Waals surface area contributed by atoms with Gasteiger partial charge in [-0.25, -0.2) is 0 Å². The highest BCUT2D eigenvalue weighted by Gasteiger charge is 2.25. The Labute approximate surface area is 124 Å². The first-order chi connectivity index (χ1) is 9.39. The van der Waals surface area contributed by atoms with E-state index in [0.29, 0.717) is 19.1 Å². The molecule has 2 N–H and O–H groups in total. The summed E-state index contributed by atoms with van der Waals surface area (Å²) in [4.78, 5) is 2.28. The van der Waals surface area contributed by atoms with Gasteiger partial charge in [-0.3, -0.25) is 4.90 Å². The fraction of sp³-hybridized carbons (Fsp3) is 0.875. The van der Waals surface area contributed by atoms with Gasteiger partial charge in [0.05, 0.1) is 18.8 Å². The van der Waals surface area contributed by atoms with E-state index in [9.17, 15) is 5.11 Å². The van der Waals surface area contributed by atoms with Gasteiger partial charge in [-0.1, -0.05) is 11.6 Å². The van der Waals surface area contributed by atoms with E-state index in [1.165, 1.54) is 5.57 Å². The SMILES string of the molecule is CC(C)=CCCC(C)NCC(C)(O)CN1CCOCC1. The van der Waals surface area contributed by atoms with Gasteiger partial charge in [0.2, 0.25) is 0 Å². The lowest BCUT2D eigenvalue weighted by Gasteiger charge is -2.34. The lowest BCUT2D eigenvalue weighted by molar-refractivity contribution is -0.0227. The molecule has 0 aliphatic carbocycles. The number of aliphatic hydroxyl groups is 1. The first kappa shape index (κ1) is 17.6. The summed E-state index contributed by atoms with van der Waals surface area (Å²) < 4.78 is 5.33. The second-order valence-corrected chi connectivity index (χ2v) is 6.53. The molecule has 0 radical (unpaired) electrons. The average Bonchev–Trinajstić information content (AvgIpc) is 2.37. The summed E-state index contributed by atoms with van der Waals surface area (Å²) in [7, 11) is 0. The zero-order chi connectivity index (χ0) is 15.0. The van der Waals surface area contributed by atoms with E-state index in [1.54, 1.807) is 0 Å². The van der Waals surface area contributed by atoms with Crippen molar-refractivity contribution in [2.24, 2.45) is 0 Å². The molecule has 0 bridgehead atoms. The molecule has 0 aromatic heterocycles. The van der Waals surface area contributed by atoms with Crippen LogP contribution in [0.15, 0.2) is 11.6 Å². The Morgan fingerprint density at radius 3 is 2.65 bits per heavy atom. The van der Waals surface area contributed by atoms with E-state index in [-0.39, 0.29) is 0 Å². The maximum atomic E-state index is 10.5. The third-order valence-electron chi connectivity index (χ3n) is 3.65. The summed E-state index contributed by atoms with van der Waals surface area (Å²) in [6.45, 7) is 13.1. The van der Waals surface area contributed by atoms with Gasteiger partial charge in [-0.05, 0) is 40.5 Å². The molecule has 118 valence electrons. The topological polar surface area (TPSA) is 44.7 Å². The zero-order valence-corrected chi connectivity index (χ0v) is 13.6. The molecule has 0 amide bonds. The molecule has 0 aromatic rings. The van der Waals surface area contributed by atoms with E-state index >= 15 is 0 Å². The maximum absolute atomic E-state index is 10.5. The van der Waals surface area contributed by atoms with Crippen molar-refractivity contribution in [1.82, 2.24) is 10.2 Å². The standard InChI is InChI=1S/C16H32N2O2/c1-14(2)6-5-7-15(3)17-12-16(4,19)13-18-8-10-20-11-9-18/h6,15,17,19H,5,7-13H2,1-4H3. The molecule has 1 aliphatic heterocycles. The number of nitrogens with zero attached hydrogens (tertiary/aromatic N) is 1. The predicted octanol–water partition coefficient (Wildman–Crippen LogP) is 1.79. The van der Waals surface area contributed by atoms with Gasteiger partial charge in [0.25, 0.3) is 0 Å². The summed E-state index contributed by atoms with van der Waals surface area (Å²) in [5.41, 5.74) is 0.693. The van der Waals surface area contributed by atoms with Crippen LogP contribution in [0.25, 0.3) is 0 Å². The molecule has 1 heterocycles. The quantitative estimate of drug-likeness (QED) is 0.667. The van der Waals surface area contributed by atoms with Gasteiger partial charge in [-0.2, -0.15) is 0 Å². The van der Waals surface area contributed by atoms with Gasteiger partial charge < -0.3 is 15.2 Å². The molecule has 4 heteroatoms. The first-order valence-electron chi connectivity index (χ1n) is 7.78. The Morgan fingerprint density at radius 1 is 1.40 bits per heavy atom. The number of allylic oxidation sites excluding steroid dienone is 2. The van der Waals surface area contributed by atoms with Gasteiger partial charge in [0.15, 0.2) is 0 Å². The van der Waals surface area contributed by atoms with Crippen molar-refractivity contribution in [1.29, 1.82) is 0 Å². The van der Waals surface area contributed by atoms with Crippen LogP contribution in [0.1, 0.15) is 40.5 Å². The lowest BCUT2D eigenvalue weighted by atomic mass is 10.0. The summed E-state index contributed by atoms with van der Waals surface area (Å²) in [5, 5.41) is 13.9. The van der Waals surface area contributed by atoms with Crippen molar-refractivity contribution >= 4 is 0 Å². The molecule has 2 unspecified atom stereocenters. The largest absolute Gasteiger partial charge is 0.388 e. The molecular weight excluding hydrogens is 252 g/mol. The zero-order valence-electron chi connectivity index (χ0n) is 13.6. The van der Waals surface area contributed by atoms with Crippen LogP contribution in [-0.2, 0) is 4.74 Å². The van der Waals surface area contributed by atoms with E-state index in [2.05, 4.69) is 37.1 Å². The van der Waals surface area contributed by atoms with Crippen LogP contribution in [0.5, 0.6) is 0 Å². The van der Waals surface area contributed by atoms with Crippen molar-refractivity contribution < 1.29 is 9.84 Å². The number of hydrogen-bond acceptors (Lipinski definition) is 4. The fourth-order valence-electron chi connectivity index (χ4n) is 2.42.